The zero-order chi connectivity index (χ0) is 24.3. The van der Waals surface area contributed by atoms with Crippen molar-refractivity contribution >= 4 is 11.5 Å². The normalized spacial score (nSPS) is 12.1. The second-order valence-electron chi connectivity index (χ2n) is 7.63. The molecule has 178 valence electrons. The van der Waals surface area contributed by atoms with E-state index in [-0.39, 0.29) is 0 Å². The minimum Gasteiger partial charge on any atom is -0.497 e. The molecule has 0 heterocycles. The maximum atomic E-state index is 11.2. The molecule has 6 nitrogen and oxygen atoms in total. The molecule has 0 amide bonds. The summed E-state index contributed by atoms with van der Waals surface area (Å²) >= 11 is 0. The molecule has 0 fully saturated rings. The van der Waals surface area contributed by atoms with E-state index in [4.69, 9.17) is 18.9 Å². The lowest BCUT2D eigenvalue weighted by Crippen LogP contribution is -2.26. The number of carbonyl (C=O) groups is 1. The number of aliphatic carboxylic acids is 1. The van der Waals surface area contributed by atoms with Crippen molar-refractivity contribution in [2.45, 2.75) is 26.4 Å². The van der Waals surface area contributed by atoms with E-state index in [0.29, 0.717) is 19.6 Å². The van der Waals surface area contributed by atoms with Crippen molar-refractivity contribution in [1.82, 2.24) is 0 Å². The molecule has 0 aromatic heterocycles. The van der Waals surface area contributed by atoms with Crippen LogP contribution in [-0.2, 0) is 16.0 Å². The van der Waals surface area contributed by atoms with Crippen LogP contribution >= 0.6 is 0 Å². The SMILES string of the molecule is CCOC(Cc1ccc(OC/C=C(\C)c2ccc(Oc3ccc(OC)cc3)cc2)cc1)C(=O)O. The summed E-state index contributed by atoms with van der Waals surface area (Å²) < 4.78 is 22.1. The van der Waals surface area contributed by atoms with Gasteiger partial charge in [-0.25, -0.2) is 4.79 Å². The van der Waals surface area contributed by atoms with Crippen molar-refractivity contribution in [2.75, 3.05) is 20.3 Å². The van der Waals surface area contributed by atoms with Crippen LogP contribution in [0.2, 0.25) is 0 Å². The van der Waals surface area contributed by atoms with Gasteiger partial charge in [-0.3, -0.25) is 0 Å². The van der Waals surface area contributed by atoms with Crippen LogP contribution in [-0.4, -0.2) is 37.5 Å². The van der Waals surface area contributed by atoms with Crippen LogP contribution in [0.1, 0.15) is 25.0 Å². The number of rotatable bonds is 12. The Balaban J connectivity index is 1.51. The monoisotopic (exact) mass is 462 g/mol. The minimum absolute atomic E-state index is 0.320. The van der Waals surface area contributed by atoms with Crippen molar-refractivity contribution < 1.29 is 28.8 Å². The number of carboxylic acids is 1. The van der Waals surface area contributed by atoms with Gasteiger partial charge in [-0.05, 0) is 85.2 Å². The fraction of sp³-hybridized carbons (Fsp3) is 0.250. The van der Waals surface area contributed by atoms with Crippen LogP contribution in [0.15, 0.2) is 78.9 Å². The molecular weight excluding hydrogens is 432 g/mol. The average molecular weight is 463 g/mol. The number of hydrogen-bond acceptors (Lipinski definition) is 5. The van der Waals surface area contributed by atoms with Gasteiger partial charge >= 0.3 is 5.97 Å². The largest absolute Gasteiger partial charge is 0.497 e. The van der Waals surface area contributed by atoms with E-state index in [0.717, 1.165) is 39.7 Å². The number of hydrogen-bond donors (Lipinski definition) is 1. The molecule has 3 aromatic carbocycles. The lowest BCUT2D eigenvalue weighted by Gasteiger charge is -2.12. The Kier molecular flexibility index (Phi) is 9.12. The van der Waals surface area contributed by atoms with E-state index < -0.39 is 12.1 Å². The molecule has 1 atom stereocenters. The first kappa shape index (κ1) is 24.9. The van der Waals surface area contributed by atoms with E-state index in [1.165, 1.54) is 0 Å². The zero-order valence-corrected chi connectivity index (χ0v) is 19.7. The fourth-order valence-corrected chi connectivity index (χ4v) is 3.30. The Morgan fingerprint density at radius 2 is 1.44 bits per heavy atom. The summed E-state index contributed by atoms with van der Waals surface area (Å²) in [5.74, 6) is 2.06. The number of benzene rings is 3. The molecule has 0 radical (unpaired) electrons. The van der Waals surface area contributed by atoms with Gasteiger partial charge in [-0.15, -0.1) is 0 Å². The van der Waals surface area contributed by atoms with Crippen LogP contribution in [0, 0.1) is 0 Å². The van der Waals surface area contributed by atoms with Gasteiger partial charge in [0.25, 0.3) is 0 Å². The van der Waals surface area contributed by atoms with Crippen molar-refractivity contribution in [1.29, 1.82) is 0 Å². The van der Waals surface area contributed by atoms with Crippen LogP contribution in [0.5, 0.6) is 23.0 Å². The minimum atomic E-state index is -0.955. The summed E-state index contributed by atoms with van der Waals surface area (Å²) in [6.07, 6.45) is 1.50. The first-order chi connectivity index (χ1) is 16.5. The standard InChI is InChI=1S/C28H30O6/c1-4-32-27(28(29)30)19-21-5-9-24(10-6-21)33-18-17-20(2)22-7-11-25(12-8-22)34-26-15-13-23(31-3)14-16-26/h5-17,27H,4,18-19H2,1-3H3,(H,29,30)/b20-17+. The highest BCUT2D eigenvalue weighted by molar-refractivity contribution is 5.72. The Bertz CT molecular complexity index is 1070. The highest BCUT2D eigenvalue weighted by Gasteiger charge is 2.17. The van der Waals surface area contributed by atoms with Crippen molar-refractivity contribution in [3.63, 3.8) is 0 Å². The maximum Gasteiger partial charge on any atom is 0.333 e. The maximum absolute atomic E-state index is 11.2. The number of ether oxygens (including phenoxy) is 4. The number of carboxylic acid groups (broad SMARTS) is 1. The van der Waals surface area contributed by atoms with Gasteiger partial charge in [0, 0.05) is 13.0 Å². The molecule has 3 rings (SSSR count). The van der Waals surface area contributed by atoms with Gasteiger partial charge in [-0.1, -0.05) is 24.3 Å². The quantitative estimate of drug-likeness (QED) is 0.356. The second-order valence-corrected chi connectivity index (χ2v) is 7.63. The van der Waals surface area contributed by atoms with Gasteiger partial charge in [0.05, 0.1) is 7.11 Å². The predicted molar refractivity (Wildman–Crippen MR) is 132 cm³/mol. The molecule has 1 unspecified atom stereocenters. The van der Waals surface area contributed by atoms with E-state index in [9.17, 15) is 9.90 Å². The van der Waals surface area contributed by atoms with Crippen LogP contribution in [0.3, 0.4) is 0 Å². The van der Waals surface area contributed by atoms with Crippen LogP contribution in [0.4, 0.5) is 0 Å². The Labute approximate surface area is 200 Å². The predicted octanol–water partition coefficient (Wildman–Crippen LogP) is 6.00. The lowest BCUT2D eigenvalue weighted by atomic mass is 10.1. The molecule has 6 heteroatoms. The molecule has 34 heavy (non-hydrogen) atoms. The summed E-state index contributed by atoms with van der Waals surface area (Å²) in [7, 11) is 1.63. The number of allylic oxidation sites excluding steroid dienone is 1. The molecule has 3 aromatic rings. The lowest BCUT2D eigenvalue weighted by molar-refractivity contribution is -0.149. The Morgan fingerprint density at radius 1 is 0.882 bits per heavy atom. The highest BCUT2D eigenvalue weighted by Crippen LogP contribution is 2.25. The molecule has 0 saturated carbocycles. The van der Waals surface area contributed by atoms with E-state index in [1.807, 2.05) is 85.8 Å². The summed E-state index contributed by atoms with van der Waals surface area (Å²) in [6.45, 7) is 4.60. The van der Waals surface area contributed by atoms with Crippen molar-refractivity contribution in [2.24, 2.45) is 0 Å². The summed E-state index contributed by atoms with van der Waals surface area (Å²) in [6, 6.07) is 22.7. The molecular formula is C28H30O6. The van der Waals surface area contributed by atoms with Crippen molar-refractivity contribution in [3.8, 4) is 23.0 Å². The Hall–Kier alpha value is -3.77. The van der Waals surface area contributed by atoms with E-state index in [1.54, 1.807) is 14.0 Å². The topological polar surface area (TPSA) is 74.2 Å². The van der Waals surface area contributed by atoms with Gasteiger partial charge in [0.15, 0.2) is 6.10 Å². The summed E-state index contributed by atoms with van der Waals surface area (Å²) in [5.41, 5.74) is 3.06. The van der Waals surface area contributed by atoms with Crippen LogP contribution < -0.4 is 14.2 Å². The third-order valence-corrected chi connectivity index (χ3v) is 5.23. The van der Waals surface area contributed by atoms with Gasteiger partial charge < -0.3 is 24.1 Å². The van der Waals surface area contributed by atoms with Gasteiger partial charge in [-0.2, -0.15) is 0 Å². The van der Waals surface area contributed by atoms with E-state index >= 15 is 0 Å². The third-order valence-electron chi connectivity index (χ3n) is 5.23. The molecule has 0 aliphatic carbocycles. The molecule has 0 spiro atoms. The van der Waals surface area contributed by atoms with Crippen molar-refractivity contribution in [3.05, 3.63) is 90.0 Å². The first-order valence-electron chi connectivity index (χ1n) is 11.1. The highest BCUT2D eigenvalue weighted by atomic mass is 16.5. The average Bonchev–Trinajstić information content (AvgIpc) is 2.85. The smallest absolute Gasteiger partial charge is 0.333 e. The van der Waals surface area contributed by atoms with Gasteiger partial charge in [0.1, 0.15) is 29.6 Å². The molecule has 0 aliphatic rings. The summed E-state index contributed by atoms with van der Waals surface area (Å²) in [5, 5.41) is 9.21. The third kappa shape index (κ3) is 7.39. The molecule has 0 saturated heterocycles. The van der Waals surface area contributed by atoms with Crippen LogP contribution in [0.25, 0.3) is 5.57 Å². The Morgan fingerprint density at radius 3 is 2.00 bits per heavy atom. The fourth-order valence-electron chi connectivity index (χ4n) is 3.30. The molecule has 0 aliphatic heterocycles. The second kappa shape index (κ2) is 12.5. The summed E-state index contributed by atoms with van der Waals surface area (Å²) in [4.78, 5) is 11.2. The number of methoxy groups -OCH3 is 1. The van der Waals surface area contributed by atoms with E-state index in [2.05, 4.69) is 0 Å². The molecule has 1 N–H and O–H groups in total. The van der Waals surface area contributed by atoms with Gasteiger partial charge in [0.2, 0.25) is 0 Å². The molecule has 0 bridgehead atoms. The zero-order valence-electron chi connectivity index (χ0n) is 19.7. The first-order valence-corrected chi connectivity index (χ1v) is 11.1.